The van der Waals surface area contributed by atoms with Gasteiger partial charge in [0.2, 0.25) is 17.8 Å². The molecule has 4 rings (SSSR count). The number of hydrogen-bond acceptors (Lipinski definition) is 6. The van der Waals surface area contributed by atoms with Gasteiger partial charge in [-0.1, -0.05) is 5.73 Å². The Hall–Kier alpha value is -1.75. The zero-order valence-electron chi connectivity index (χ0n) is 19.1. The summed E-state index contributed by atoms with van der Waals surface area (Å²) in [6, 6.07) is -0.186. The summed E-state index contributed by atoms with van der Waals surface area (Å²) in [5.74, 6) is -1.87. The second kappa shape index (κ2) is 10.5. The van der Waals surface area contributed by atoms with Gasteiger partial charge in [-0.25, -0.2) is 22.6 Å². The van der Waals surface area contributed by atoms with Gasteiger partial charge in [-0.2, -0.15) is 15.0 Å². The number of nitrogens with zero attached hydrogens (tertiary/aromatic N) is 4. The first-order valence-corrected chi connectivity index (χ1v) is 13.0. The van der Waals surface area contributed by atoms with Crippen molar-refractivity contribution >= 4 is 45.9 Å². The molecule has 0 amide bonds. The van der Waals surface area contributed by atoms with E-state index in [-0.39, 0.29) is 36.7 Å². The van der Waals surface area contributed by atoms with Crippen molar-refractivity contribution in [3.05, 3.63) is 17.6 Å². The molecule has 1 unspecified atom stereocenters. The zero-order valence-corrected chi connectivity index (χ0v) is 21.2. The smallest absolute Gasteiger partial charge is 0.248 e. The molecule has 186 valence electrons. The molecule has 6 nitrogen and oxygen atoms in total. The van der Waals surface area contributed by atoms with Gasteiger partial charge in [0.25, 0.3) is 0 Å². The van der Waals surface area contributed by atoms with Crippen LogP contribution in [0.1, 0.15) is 77.0 Å². The Bertz CT molecular complexity index is 921. The van der Waals surface area contributed by atoms with Crippen LogP contribution in [0.3, 0.4) is 0 Å². The lowest BCUT2D eigenvalue weighted by atomic mass is 9.85. The average molecular weight is 592 g/mol. The number of allylic oxidation sites excluding steroid dienone is 1. The molecule has 0 saturated heterocycles. The minimum atomic E-state index is -2.63. The van der Waals surface area contributed by atoms with Gasteiger partial charge in [0.15, 0.2) is 10.0 Å². The van der Waals surface area contributed by atoms with Crippen LogP contribution in [-0.4, -0.2) is 48.5 Å². The normalized spacial score (nSPS) is 28.5. The number of aromatic nitrogens is 3. The molecule has 1 atom stereocenters. The quantitative estimate of drug-likeness (QED) is 0.173. The fourth-order valence-corrected chi connectivity index (χ4v) is 4.87. The molecule has 0 spiro atoms. The van der Waals surface area contributed by atoms with Crippen LogP contribution in [0.5, 0.6) is 0 Å². The summed E-state index contributed by atoms with van der Waals surface area (Å²) in [4.78, 5) is 17.8. The summed E-state index contributed by atoms with van der Waals surface area (Å²) >= 11 is 1.68. The van der Waals surface area contributed by atoms with E-state index in [4.69, 9.17) is 0 Å². The van der Waals surface area contributed by atoms with E-state index in [1.165, 1.54) is 0 Å². The predicted octanol–water partition coefficient (Wildman–Crippen LogP) is 6.41. The largest absolute Gasteiger partial charge is 0.351 e. The monoisotopic (exact) mass is 592 g/mol. The van der Waals surface area contributed by atoms with Gasteiger partial charge in [0.05, 0.1) is 5.71 Å². The van der Waals surface area contributed by atoms with E-state index in [0.29, 0.717) is 68.7 Å². The standard InChI is InChI=1S/C23H29F4IN6/c1-22(25)10-6-14(7-11-22)29-20-32-19(17-5-3-2-4-16(31-17)18(24)28)33-21(34-20)30-15-8-12-23(26,27)13-9-15/h3,14-15,18H,2,4,6-13H2,1H3,(H2,29,30,32,33,34). The number of nitrogens with one attached hydrogen (secondary N) is 2. The van der Waals surface area contributed by atoms with Gasteiger partial charge in [0.1, 0.15) is 11.4 Å². The highest BCUT2D eigenvalue weighted by molar-refractivity contribution is 14.1. The van der Waals surface area contributed by atoms with Gasteiger partial charge < -0.3 is 10.6 Å². The average Bonchev–Trinajstić information content (AvgIpc) is 3.03. The van der Waals surface area contributed by atoms with Gasteiger partial charge in [-0.15, -0.1) is 0 Å². The van der Waals surface area contributed by atoms with Crippen molar-refractivity contribution in [3.8, 4) is 0 Å². The van der Waals surface area contributed by atoms with E-state index < -0.39 is 15.8 Å². The SMILES string of the molecule is CC1(F)CCC(Nc2nc(NC3CCC(F)(F)CC3)nc(C3=C=CCCC(C(F)I)=N3)n2)CC1. The lowest BCUT2D eigenvalue weighted by molar-refractivity contribution is -0.0361. The Morgan fingerprint density at radius 1 is 0.971 bits per heavy atom. The molecule has 2 saturated carbocycles. The zero-order chi connectivity index (χ0) is 24.3. The first kappa shape index (κ1) is 25.3. The van der Waals surface area contributed by atoms with E-state index in [9.17, 15) is 17.6 Å². The Kier molecular flexibility index (Phi) is 7.81. The van der Waals surface area contributed by atoms with Crippen LogP contribution in [0.4, 0.5) is 29.5 Å². The molecule has 1 aliphatic heterocycles. The van der Waals surface area contributed by atoms with Crippen LogP contribution >= 0.6 is 22.6 Å². The molecule has 11 heteroatoms. The van der Waals surface area contributed by atoms with E-state index in [2.05, 4.69) is 36.3 Å². The van der Waals surface area contributed by atoms with Gasteiger partial charge in [-0.3, -0.25) is 0 Å². The molecule has 2 N–H and O–H groups in total. The number of anilines is 2. The molecule has 1 aromatic heterocycles. The summed E-state index contributed by atoms with van der Waals surface area (Å²) < 4.78 is 54.1. The molecule has 0 aromatic carbocycles. The second-order valence-corrected chi connectivity index (χ2v) is 10.6. The number of aliphatic imine (C=N–C) groups is 1. The lowest BCUT2D eigenvalue weighted by Gasteiger charge is -2.31. The van der Waals surface area contributed by atoms with E-state index in [1.54, 1.807) is 35.6 Å². The fraction of sp³-hybridized carbons (Fsp3) is 0.696. The van der Waals surface area contributed by atoms with Crippen molar-refractivity contribution in [3.63, 3.8) is 0 Å². The van der Waals surface area contributed by atoms with Crippen molar-refractivity contribution in [2.45, 2.75) is 99.0 Å². The highest BCUT2D eigenvalue weighted by atomic mass is 127. The highest BCUT2D eigenvalue weighted by Gasteiger charge is 2.35. The van der Waals surface area contributed by atoms with Crippen LogP contribution in [0.2, 0.25) is 0 Å². The maximum Gasteiger partial charge on any atom is 0.248 e. The van der Waals surface area contributed by atoms with Crippen LogP contribution in [0.25, 0.3) is 5.70 Å². The number of halogens is 5. The molecule has 34 heavy (non-hydrogen) atoms. The van der Waals surface area contributed by atoms with Crippen molar-refractivity contribution in [2.24, 2.45) is 4.99 Å². The summed E-state index contributed by atoms with van der Waals surface area (Å²) in [5.41, 5.74) is 2.56. The van der Waals surface area contributed by atoms with Crippen LogP contribution in [0, 0.1) is 0 Å². The van der Waals surface area contributed by atoms with Crippen LogP contribution < -0.4 is 10.6 Å². The number of alkyl halides is 5. The molecule has 2 fully saturated rings. The maximum atomic E-state index is 14.2. The molecule has 2 heterocycles. The van der Waals surface area contributed by atoms with Gasteiger partial charge in [-0.05, 0) is 87.0 Å². The Morgan fingerprint density at radius 2 is 1.53 bits per heavy atom. The van der Waals surface area contributed by atoms with Gasteiger partial charge in [0, 0.05) is 24.9 Å². The van der Waals surface area contributed by atoms with Crippen LogP contribution in [0.15, 0.2) is 16.8 Å². The first-order chi connectivity index (χ1) is 16.1. The van der Waals surface area contributed by atoms with E-state index >= 15 is 0 Å². The van der Waals surface area contributed by atoms with Crippen molar-refractivity contribution < 1.29 is 17.6 Å². The third-order valence-corrected chi connectivity index (χ3v) is 7.27. The Labute approximate surface area is 210 Å². The summed E-state index contributed by atoms with van der Waals surface area (Å²) in [6.07, 6.45) is 5.25. The number of rotatable bonds is 6. The Balaban J connectivity index is 1.60. The third kappa shape index (κ3) is 6.90. The predicted molar refractivity (Wildman–Crippen MR) is 133 cm³/mol. The summed E-state index contributed by atoms with van der Waals surface area (Å²) in [7, 11) is 0. The first-order valence-electron chi connectivity index (χ1n) is 11.8. The number of hydrogen-bond donors (Lipinski definition) is 2. The summed E-state index contributed by atoms with van der Waals surface area (Å²) in [5, 5.41) is 6.44. The fourth-order valence-electron chi connectivity index (χ4n) is 4.42. The van der Waals surface area contributed by atoms with Gasteiger partial charge >= 0.3 is 0 Å². The molecular formula is C23H29F4IN6. The molecule has 1 aromatic rings. The molecule has 3 aliphatic rings. The second-order valence-electron chi connectivity index (χ2n) is 9.55. The third-order valence-electron chi connectivity index (χ3n) is 6.55. The molecule has 0 radical (unpaired) electrons. The van der Waals surface area contributed by atoms with Crippen molar-refractivity contribution in [1.29, 1.82) is 0 Å². The van der Waals surface area contributed by atoms with Crippen molar-refractivity contribution in [2.75, 3.05) is 10.6 Å². The highest BCUT2D eigenvalue weighted by Crippen LogP contribution is 2.35. The lowest BCUT2D eigenvalue weighted by Crippen LogP contribution is -2.34. The van der Waals surface area contributed by atoms with Crippen LogP contribution in [-0.2, 0) is 0 Å². The molecule has 0 bridgehead atoms. The van der Waals surface area contributed by atoms with E-state index in [1.807, 2.05) is 0 Å². The van der Waals surface area contributed by atoms with E-state index in [0.717, 1.165) is 0 Å². The summed E-state index contributed by atoms with van der Waals surface area (Å²) in [6.45, 7) is 1.62. The minimum absolute atomic E-state index is 0.00239. The minimum Gasteiger partial charge on any atom is -0.351 e. The Morgan fingerprint density at radius 3 is 2.09 bits per heavy atom. The maximum absolute atomic E-state index is 14.2. The molecular weight excluding hydrogens is 563 g/mol. The topological polar surface area (TPSA) is 75.1 Å². The van der Waals surface area contributed by atoms with Crippen molar-refractivity contribution in [1.82, 2.24) is 15.0 Å². The molecule has 2 aliphatic carbocycles.